The molecule has 20 heavy (non-hydrogen) atoms. The molecule has 1 aromatic heterocycles. The predicted molar refractivity (Wildman–Crippen MR) is 69.9 cm³/mol. The Kier molecular flexibility index (Phi) is 5.91. The van der Waals surface area contributed by atoms with Crippen LogP contribution in [0, 0.1) is 0 Å². The van der Waals surface area contributed by atoms with Crippen LogP contribution in [-0.4, -0.2) is 53.2 Å². The molecule has 1 aromatic rings. The van der Waals surface area contributed by atoms with Crippen LogP contribution in [0.25, 0.3) is 0 Å². The van der Waals surface area contributed by atoms with Gasteiger partial charge in [0.25, 0.3) is 0 Å². The summed E-state index contributed by atoms with van der Waals surface area (Å²) >= 11 is 0. The summed E-state index contributed by atoms with van der Waals surface area (Å²) in [5.41, 5.74) is 5.62. The van der Waals surface area contributed by atoms with Gasteiger partial charge in [-0.1, -0.05) is 5.21 Å². The number of ether oxygens (including phenoxy) is 2. The Morgan fingerprint density at radius 1 is 1.45 bits per heavy atom. The van der Waals surface area contributed by atoms with E-state index >= 15 is 0 Å². The standard InChI is InChI=1S/C11H19N5O4/c1-7(2)20-11(18)9-10(12)16(15-14-9)6-8(17)13-4-5-19-3/h7H,4-6,12H2,1-3H3,(H,13,17). The summed E-state index contributed by atoms with van der Waals surface area (Å²) in [5, 5.41) is 9.89. The smallest absolute Gasteiger partial charge is 0.363 e. The Morgan fingerprint density at radius 3 is 2.75 bits per heavy atom. The molecule has 1 heterocycles. The third-order valence-corrected chi connectivity index (χ3v) is 2.23. The normalized spacial score (nSPS) is 10.6. The van der Waals surface area contributed by atoms with Crippen molar-refractivity contribution in [3.8, 4) is 0 Å². The maximum absolute atomic E-state index is 11.7. The predicted octanol–water partition coefficient (Wildman–Crippen LogP) is -0.812. The number of amides is 1. The first-order chi connectivity index (χ1) is 9.45. The molecule has 0 bridgehead atoms. The number of nitrogens with two attached hydrogens (primary N) is 1. The van der Waals surface area contributed by atoms with Crippen LogP contribution in [0.2, 0.25) is 0 Å². The highest BCUT2D eigenvalue weighted by Crippen LogP contribution is 2.10. The topological polar surface area (TPSA) is 121 Å². The largest absolute Gasteiger partial charge is 0.458 e. The van der Waals surface area contributed by atoms with Gasteiger partial charge < -0.3 is 20.5 Å². The molecule has 0 spiro atoms. The highest BCUT2D eigenvalue weighted by atomic mass is 16.5. The molecule has 1 rings (SSSR count). The lowest BCUT2D eigenvalue weighted by Crippen LogP contribution is -2.31. The minimum atomic E-state index is -0.663. The molecule has 1 amide bonds. The number of hydrogen-bond acceptors (Lipinski definition) is 7. The van der Waals surface area contributed by atoms with Crippen LogP contribution in [0.15, 0.2) is 0 Å². The van der Waals surface area contributed by atoms with Crippen LogP contribution in [-0.2, 0) is 20.8 Å². The maximum atomic E-state index is 11.7. The summed E-state index contributed by atoms with van der Waals surface area (Å²) in [5.74, 6) is -0.969. The number of anilines is 1. The van der Waals surface area contributed by atoms with Crippen molar-refractivity contribution < 1.29 is 19.1 Å². The summed E-state index contributed by atoms with van der Waals surface area (Å²) < 4.78 is 10.9. The van der Waals surface area contributed by atoms with Crippen molar-refractivity contribution in [2.45, 2.75) is 26.5 Å². The van der Waals surface area contributed by atoms with Crippen molar-refractivity contribution in [3.63, 3.8) is 0 Å². The monoisotopic (exact) mass is 285 g/mol. The number of nitrogens with one attached hydrogen (secondary N) is 1. The van der Waals surface area contributed by atoms with Crippen molar-refractivity contribution in [2.24, 2.45) is 0 Å². The Balaban J connectivity index is 2.62. The van der Waals surface area contributed by atoms with Crippen molar-refractivity contribution >= 4 is 17.7 Å². The Morgan fingerprint density at radius 2 is 2.15 bits per heavy atom. The van der Waals surface area contributed by atoms with Gasteiger partial charge in [0.05, 0.1) is 12.7 Å². The molecule has 0 saturated carbocycles. The lowest BCUT2D eigenvalue weighted by molar-refractivity contribution is -0.122. The molecule has 0 aromatic carbocycles. The van der Waals surface area contributed by atoms with Crippen LogP contribution >= 0.6 is 0 Å². The number of rotatable bonds is 7. The van der Waals surface area contributed by atoms with E-state index in [0.717, 1.165) is 4.68 Å². The van der Waals surface area contributed by atoms with Gasteiger partial charge in [0, 0.05) is 13.7 Å². The molecule has 0 unspecified atom stereocenters. The quantitative estimate of drug-likeness (QED) is 0.496. The number of nitrogen functional groups attached to an aromatic ring is 1. The van der Waals surface area contributed by atoms with Gasteiger partial charge >= 0.3 is 5.97 Å². The van der Waals surface area contributed by atoms with E-state index in [9.17, 15) is 9.59 Å². The van der Waals surface area contributed by atoms with E-state index in [1.807, 2.05) is 0 Å². The summed E-state index contributed by atoms with van der Waals surface area (Å²) in [4.78, 5) is 23.2. The molecule has 0 aliphatic carbocycles. The zero-order valence-corrected chi connectivity index (χ0v) is 11.8. The van der Waals surface area contributed by atoms with E-state index in [1.165, 1.54) is 7.11 Å². The number of aromatic nitrogens is 3. The maximum Gasteiger partial charge on any atom is 0.363 e. The van der Waals surface area contributed by atoms with Crippen molar-refractivity contribution in [1.29, 1.82) is 0 Å². The molecule has 0 fully saturated rings. The third kappa shape index (κ3) is 4.50. The minimum Gasteiger partial charge on any atom is -0.458 e. The first kappa shape index (κ1) is 15.9. The number of carbonyl (C=O) groups excluding carboxylic acids is 2. The number of esters is 1. The van der Waals surface area contributed by atoms with Gasteiger partial charge in [0.2, 0.25) is 11.6 Å². The average molecular weight is 285 g/mol. The Hall–Kier alpha value is -2.16. The Bertz CT molecular complexity index is 471. The van der Waals surface area contributed by atoms with Crippen molar-refractivity contribution in [2.75, 3.05) is 26.0 Å². The van der Waals surface area contributed by atoms with E-state index in [2.05, 4.69) is 15.6 Å². The molecular weight excluding hydrogens is 266 g/mol. The number of hydrogen-bond donors (Lipinski definition) is 2. The van der Waals surface area contributed by atoms with E-state index < -0.39 is 5.97 Å². The van der Waals surface area contributed by atoms with Gasteiger partial charge in [0.15, 0.2) is 5.82 Å². The molecular formula is C11H19N5O4. The molecule has 9 heteroatoms. The van der Waals surface area contributed by atoms with Crippen molar-refractivity contribution in [1.82, 2.24) is 20.3 Å². The SMILES string of the molecule is COCCNC(=O)Cn1nnc(C(=O)OC(C)C)c1N. The van der Waals surface area contributed by atoms with Crippen molar-refractivity contribution in [3.05, 3.63) is 5.69 Å². The second-order valence-electron chi connectivity index (χ2n) is 4.28. The van der Waals surface area contributed by atoms with E-state index in [4.69, 9.17) is 15.2 Å². The summed E-state index contributed by atoms with van der Waals surface area (Å²) in [7, 11) is 1.54. The highest BCUT2D eigenvalue weighted by Gasteiger charge is 2.20. The summed E-state index contributed by atoms with van der Waals surface area (Å²) in [6, 6.07) is 0. The molecule has 0 saturated heterocycles. The first-order valence-corrected chi connectivity index (χ1v) is 6.11. The van der Waals surface area contributed by atoms with Crippen LogP contribution in [0.3, 0.4) is 0 Å². The fraction of sp³-hybridized carbons (Fsp3) is 0.636. The molecule has 9 nitrogen and oxygen atoms in total. The number of methoxy groups -OCH3 is 1. The number of nitrogens with zero attached hydrogens (tertiary/aromatic N) is 3. The lowest BCUT2D eigenvalue weighted by atomic mass is 10.4. The van der Waals surface area contributed by atoms with E-state index in [-0.39, 0.29) is 30.1 Å². The zero-order chi connectivity index (χ0) is 15.1. The molecule has 3 N–H and O–H groups in total. The third-order valence-electron chi connectivity index (χ3n) is 2.23. The zero-order valence-electron chi connectivity index (χ0n) is 11.8. The van der Waals surface area contributed by atoms with E-state index in [1.54, 1.807) is 13.8 Å². The highest BCUT2D eigenvalue weighted by molar-refractivity contribution is 5.92. The lowest BCUT2D eigenvalue weighted by Gasteiger charge is -2.07. The van der Waals surface area contributed by atoms with Gasteiger partial charge in [0.1, 0.15) is 6.54 Å². The van der Waals surface area contributed by atoms with Gasteiger partial charge in [-0.2, -0.15) is 0 Å². The summed E-state index contributed by atoms with van der Waals surface area (Å²) in [6.07, 6.45) is -0.288. The van der Waals surface area contributed by atoms with Crippen LogP contribution < -0.4 is 11.1 Å². The van der Waals surface area contributed by atoms with Gasteiger partial charge in [-0.15, -0.1) is 5.10 Å². The van der Waals surface area contributed by atoms with Gasteiger partial charge in [-0.3, -0.25) is 4.79 Å². The van der Waals surface area contributed by atoms with Gasteiger partial charge in [-0.25, -0.2) is 9.48 Å². The van der Waals surface area contributed by atoms with Crippen LogP contribution in [0.5, 0.6) is 0 Å². The summed E-state index contributed by atoms with van der Waals surface area (Å²) in [6.45, 7) is 4.08. The fourth-order valence-electron chi connectivity index (χ4n) is 1.34. The number of carbonyl (C=O) groups is 2. The molecule has 0 aliphatic heterocycles. The Labute approximate surface area is 116 Å². The van der Waals surface area contributed by atoms with Crippen LogP contribution in [0.1, 0.15) is 24.3 Å². The average Bonchev–Trinajstić information content (AvgIpc) is 2.70. The second-order valence-corrected chi connectivity index (χ2v) is 4.28. The molecule has 0 radical (unpaired) electrons. The molecule has 0 atom stereocenters. The fourth-order valence-corrected chi connectivity index (χ4v) is 1.34. The first-order valence-electron chi connectivity index (χ1n) is 6.11. The van der Waals surface area contributed by atoms with Gasteiger partial charge in [-0.05, 0) is 13.8 Å². The second kappa shape index (κ2) is 7.43. The minimum absolute atomic E-state index is 0.00228. The molecule has 0 aliphatic rings. The van der Waals surface area contributed by atoms with E-state index in [0.29, 0.717) is 13.2 Å². The van der Waals surface area contributed by atoms with Crippen LogP contribution in [0.4, 0.5) is 5.82 Å². The molecule has 112 valence electrons.